The minimum Gasteiger partial charge on any atom is -0.495 e. The molecule has 0 unspecified atom stereocenters. The van der Waals surface area contributed by atoms with Gasteiger partial charge in [0.05, 0.1) is 18.6 Å². The van der Waals surface area contributed by atoms with Crippen LogP contribution >= 0.6 is 11.8 Å². The number of nitrogens with zero attached hydrogens (tertiary/aromatic N) is 3. The van der Waals surface area contributed by atoms with Crippen LogP contribution in [0.25, 0.3) is 27.8 Å². The largest absolute Gasteiger partial charge is 0.495 e. The average Bonchev–Trinajstić information content (AvgIpc) is 3.40. The Morgan fingerprint density at radius 3 is 2.39 bits per heavy atom. The quantitative estimate of drug-likeness (QED) is 0.203. The van der Waals surface area contributed by atoms with Gasteiger partial charge in [0.2, 0.25) is 5.91 Å². The number of hydrogen-bond donors (Lipinski definition) is 1. The molecular formula is C30H28N4O3S. The number of aromatic nitrogens is 3. The van der Waals surface area contributed by atoms with E-state index in [1.807, 2.05) is 85.8 Å². The summed E-state index contributed by atoms with van der Waals surface area (Å²) in [5.74, 6) is 0.649. The molecule has 0 spiro atoms. The molecule has 1 N–H and O–H groups in total. The van der Waals surface area contributed by atoms with Gasteiger partial charge in [-0.1, -0.05) is 84.6 Å². The van der Waals surface area contributed by atoms with E-state index in [0.717, 1.165) is 16.7 Å². The zero-order chi connectivity index (χ0) is 26.5. The van der Waals surface area contributed by atoms with Crippen LogP contribution in [0.5, 0.6) is 5.75 Å². The molecule has 0 fully saturated rings. The summed E-state index contributed by atoms with van der Waals surface area (Å²) in [7, 11) is 1.57. The van der Waals surface area contributed by atoms with E-state index in [0.29, 0.717) is 40.7 Å². The van der Waals surface area contributed by atoms with Crippen molar-refractivity contribution >= 4 is 28.7 Å². The molecule has 0 atom stereocenters. The van der Waals surface area contributed by atoms with Crippen LogP contribution in [0, 0.1) is 0 Å². The van der Waals surface area contributed by atoms with Crippen molar-refractivity contribution in [1.29, 1.82) is 0 Å². The molecule has 0 bridgehead atoms. The highest BCUT2D eigenvalue weighted by atomic mass is 32.2. The smallest absolute Gasteiger partial charge is 0.283 e. The summed E-state index contributed by atoms with van der Waals surface area (Å²) in [5, 5.41) is 0.424. The number of ether oxygens (including phenoxy) is 1. The lowest BCUT2D eigenvalue weighted by Gasteiger charge is -2.21. The molecule has 5 rings (SSSR count). The number of para-hydroxylation sites is 2. The van der Waals surface area contributed by atoms with Crippen LogP contribution in [0.2, 0.25) is 0 Å². The number of hydrogen-bond acceptors (Lipinski definition) is 5. The predicted octanol–water partition coefficient (Wildman–Crippen LogP) is 5.53. The summed E-state index contributed by atoms with van der Waals surface area (Å²) in [5.41, 5.74) is 4.12. The van der Waals surface area contributed by atoms with Crippen molar-refractivity contribution in [2.75, 3.05) is 19.4 Å². The van der Waals surface area contributed by atoms with Crippen molar-refractivity contribution in [2.24, 2.45) is 0 Å². The third kappa shape index (κ3) is 5.08. The Morgan fingerprint density at radius 1 is 1.00 bits per heavy atom. The average molecular weight is 525 g/mol. The molecule has 0 radical (unpaired) electrons. The number of methoxy groups -OCH3 is 1. The topological polar surface area (TPSA) is 80.2 Å². The van der Waals surface area contributed by atoms with Crippen molar-refractivity contribution in [3.8, 4) is 22.6 Å². The standard InChI is InChI=1S/C30H28N4O3S/c1-3-33(19-21-12-6-4-7-13-21)26(35)20-38-30-32-27-23(22-14-8-5-9-15-22)18-31-28(27)29(36)34(30)24-16-10-11-17-25(24)37-2/h4-18,31H,3,19-20H2,1-2H3. The number of nitrogens with one attached hydrogen (secondary N) is 1. The molecule has 5 aromatic rings. The Kier molecular flexibility index (Phi) is 7.60. The van der Waals surface area contributed by atoms with E-state index >= 15 is 0 Å². The van der Waals surface area contributed by atoms with E-state index in [2.05, 4.69) is 4.98 Å². The van der Waals surface area contributed by atoms with Gasteiger partial charge in [-0.2, -0.15) is 0 Å². The van der Waals surface area contributed by atoms with Gasteiger partial charge >= 0.3 is 0 Å². The summed E-state index contributed by atoms with van der Waals surface area (Å²) in [6.07, 6.45) is 1.80. The van der Waals surface area contributed by atoms with Crippen molar-refractivity contribution in [2.45, 2.75) is 18.6 Å². The lowest BCUT2D eigenvalue weighted by Crippen LogP contribution is -2.32. The predicted molar refractivity (Wildman–Crippen MR) is 152 cm³/mol. The van der Waals surface area contributed by atoms with Gasteiger partial charge in [0.25, 0.3) is 5.56 Å². The third-order valence-corrected chi connectivity index (χ3v) is 7.28. The first-order valence-electron chi connectivity index (χ1n) is 12.4. The Morgan fingerprint density at radius 2 is 1.68 bits per heavy atom. The second kappa shape index (κ2) is 11.4. The summed E-state index contributed by atoms with van der Waals surface area (Å²) >= 11 is 1.25. The van der Waals surface area contributed by atoms with Gasteiger partial charge in [0, 0.05) is 24.8 Å². The van der Waals surface area contributed by atoms with E-state index in [9.17, 15) is 9.59 Å². The molecule has 7 nitrogen and oxygen atoms in total. The van der Waals surface area contributed by atoms with Crippen molar-refractivity contribution in [3.63, 3.8) is 0 Å². The summed E-state index contributed by atoms with van der Waals surface area (Å²) in [6, 6.07) is 27.0. The fourth-order valence-corrected chi connectivity index (χ4v) is 5.30. The Hall–Kier alpha value is -4.30. The molecule has 0 saturated heterocycles. The number of carbonyl (C=O) groups is 1. The summed E-state index contributed by atoms with van der Waals surface area (Å²) < 4.78 is 7.09. The molecule has 0 aliphatic heterocycles. The van der Waals surface area contributed by atoms with Crippen molar-refractivity contribution < 1.29 is 9.53 Å². The van der Waals surface area contributed by atoms with E-state index in [1.54, 1.807) is 24.3 Å². The van der Waals surface area contributed by atoms with Crippen molar-refractivity contribution in [1.82, 2.24) is 19.4 Å². The second-order valence-electron chi connectivity index (χ2n) is 8.68. The zero-order valence-corrected chi connectivity index (χ0v) is 22.1. The van der Waals surface area contributed by atoms with Crippen molar-refractivity contribution in [3.05, 3.63) is 107 Å². The summed E-state index contributed by atoms with van der Waals surface area (Å²) in [4.78, 5) is 37.0. The molecular weight excluding hydrogens is 496 g/mol. The lowest BCUT2D eigenvalue weighted by atomic mass is 10.1. The normalized spacial score (nSPS) is 11.0. The maximum absolute atomic E-state index is 13.9. The fraction of sp³-hybridized carbons (Fsp3) is 0.167. The molecule has 8 heteroatoms. The van der Waals surface area contributed by atoms with E-state index in [1.165, 1.54) is 16.3 Å². The number of aromatic amines is 1. The fourth-order valence-electron chi connectivity index (χ4n) is 4.40. The Bertz CT molecular complexity index is 1610. The van der Waals surface area contributed by atoms with Crippen LogP contribution in [0.15, 0.2) is 101 Å². The molecule has 3 aromatic carbocycles. The van der Waals surface area contributed by atoms with E-state index in [-0.39, 0.29) is 17.2 Å². The molecule has 1 amide bonds. The van der Waals surface area contributed by atoms with Crippen LogP contribution < -0.4 is 10.3 Å². The SMILES string of the molecule is CCN(Cc1ccccc1)C(=O)CSc1nc2c(-c3ccccc3)c[nH]c2c(=O)n1-c1ccccc1OC. The zero-order valence-electron chi connectivity index (χ0n) is 21.3. The van der Waals surface area contributed by atoms with Gasteiger partial charge in [-0.3, -0.25) is 9.59 Å². The molecule has 0 saturated carbocycles. The monoisotopic (exact) mass is 524 g/mol. The Labute approximate surface area is 225 Å². The first-order valence-corrected chi connectivity index (χ1v) is 13.4. The molecule has 192 valence electrons. The molecule has 0 aliphatic carbocycles. The maximum atomic E-state index is 13.9. The number of fused-ring (bicyclic) bond motifs is 1. The lowest BCUT2D eigenvalue weighted by molar-refractivity contribution is -0.128. The highest BCUT2D eigenvalue weighted by Gasteiger charge is 2.21. The van der Waals surface area contributed by atoms with Gasteiger partial charge in [0.1, 0.15) is 16.8 Å². The molecule has 0 aliphatic rings. The van der Waals surface area contributed by atoms with Gasteiger partial charge in [-0.15, -0.1) is 0 Å². The van der Waals surface area contributed by atoms with Gasteiger partial charge in [0.15, 0.2) is 5.16 Å². The van der Waals surface area contributed by atoms with E-state index in [4.69, 9.17) is 9.72 Å². The van der Waals surface area contributed by atoms with Gasteiger partial charge < -0.3 is 14.6 Å². The van der Waals surface area contributed by atoms with Crippen LogP contribution in [-0.4, -0.2) is 44.7 Å². The number of benzene rings is 3. The maximum Gasteiger partial charge on any atom is 0.283 e. The Balaban J connectivity index is 1.56. The third-order valence-electron chi connectivity index (χ3n) is 6.35. The number of thioether (sulfide) groups is 1. The number of rotatable bonds is 9. The highest BCUT2D eigenvalue weighted by molar-refractivity contribution is 7.99. The molecule has 2 aromatic heterocycles. The number of H-pyrrole nitrogens is 1. The first-order chi connectivity index (χ1) is 18.6. The first kappa shape index (κ1) is 25.4. The van der Waals surface area contributed by atoms with Gasteiger partial charge in [-0.25, -0.2) is 9.55 Å². The van der Waals surface area contributed by atoms with Crippen LogP contribution in [0.1, 0.15) is 12.5 Å². The number of amides is 1. The minimum atomic E-state index is -0.256. The second-order valence-corrected chi connectivity index (χ2v) is 9.62. The molecule has 38 heavy (non-hydrogen) atoms. The summed E-state index contributed by atoms with van der Waals surface area (Å²) in [6.45, 7) is 3.07. The van der Waals surface area contributed by atoms with Gasteiger partial charge in [-0.05, 0) is 30.2 Å². The molecule has 2 heterocycles. The number of carbonyl (C=O) groups excluding carboxylic acids is 1. The van der Waals surface area contributed by atoms with Crippen LogP contribution in [-0.2, 0) is 11.3 Å². The minimum absolute atomic E-state index is 0.0281. The van der Waals surface area contributed by atoms with Crippen LogP contribution in [0.4, 0.5) is 0 Å². The highest BCUT2D eigenvalue weighted by Crippen LogP contribution is 2.31. The van der Waals surface area contributed by atoms with E-state index < -0.39 is 0 Å². The van der Waals surface area contributed by atoms with Crippen LogP contribution in [0.3, 0.4) is 0 Å².